The number of aryl methyl sites for hydroxylation is 1. The molecule has 0 spiro atoms. The Morgan fingerprint density at radius 1 is 0.925 bits per heavy atom. The van der Waals surface area contributed by atoms with Crippen LogP contribution < -0.4 is 10.6 Å². The molecule has 2 aromatic heterocycles. The second kappa shape index (κ2) is 15.0. The number of likely N-dealkylation sites (tertiary alicyclic amines) is 1. The number of nitrogens with zero attached hydrogens (tertiary/aromatic N) is 4. The Morgan fingerprint density at radius 2 is 1.70 bits per heavy atom. The van der Waals surface area contributed by atoms with Crippen molar-refractivity contribution in [2.75, 3.05) is 18.4 Å². The van der Waals surface area contributed by atoms with Crippen molar-refractivity contribution in [3.63, 3.8) is 0 Å². The number of carbonyl (C=O) groups is 2. The van der Waals surface area contributed by atoms with E-state index in [4.69, 9.17) is 0 Å². The van der Waals surface area contributed by atoms with Gasteiger partial charge in [0.15, 0.2) is 0 Å². The molecule has 274 valence electrons. The number of alkyl halides is 2. The molecule has 2 amide bonds. The molecule has 2 N–H and O–H groups in total. The molecule has 2 aliphatic heterocycles. The highest BCUT2D eigenvalue weighted by atomic mass is 19.3. The Labute approximate surface area is 302 Å². The van der Waals surface area contributed by atoms with Crippen LogP contribution in [-0.2, 0) is 16.1 Å². The number of halogens is 5. The van der Waals surface area contributed by atoms with E-state index in [9.17, 15) is 22.8 Å². The predicted molar refractivity (Wildman–Crippen MR) is 190 cm³/mol. The molecule has 0 saturated carbocycles. The topological polar surface area (TPSA) is 100 Å². The molecule has 53 heavy (non-hydrogen) atoms. The third-order valence-electron chi connectivity index (χ3n) is 10.2. The third kappa shape index (κ3) is 7.61. The lowest BCUT2D eigenvalue weighted by atomic mass is 9.85. The number of nitrogens with one attached hydrogen (secondary N) is 2. The Bertz CT molecular complexity index is 2210. The maximum absolute atomic E-state index is 15.3. The molecule has 2 unspecified atom stereocenters. The smallest absolute Gasteiger partial charge is 0.266 e. The molecule has 0 bridgehead atoms. The van der Waals surface area contributed by atoms with E-state index in [0.29, 0.717) is 89.4 Å². The highest BCUT2D eigenvalue weighted by Gasteiger charge is 2.30. The molecular weight excluding hydrogens is 691 g/mol. The molecule has 4 heterocycles. The maximum atomic E-state index is 15.3. The summed E-state index contributed by atoms with van der Waals surface area (Å²) in [7, 11) is 0. The van der Waals surface area contributed by atoms with E-state index in [1.165, 1.54) is 24.3 Å². The Balaban J connectivity index is 1.05. The third-order valence-corrected chi connectivity index (χ3v) is 10.2. The molecule has 0 radical (unpaired) electrons. The van der Waals surface area contributed by atoms with Crippen LogP contribution in [0.3, 0.4) is 0 Å². The predicted octanol–water partition coefficient (Wildman–Crippen LogP) is 8.43. The summed E-state index contributed by atoms with van der Waals surface area (Å²) in [5, 5.41) is 6.06. The number of hydrogen-bond acceptors (Lipinski definition) is 7. The van der Waals surface area contributed by atoms with Crippen molar-refractivity contribution in [3.05, 3.63) is 118 Å². The summed E-state index contributed by atoms with van der Waals surface area (Å²) in [5.74, 6) is -2.20. The first-order valence-corrected chi connectivity index (χ1v) is 17.6. The van der Waals surface area contributed by atoms with Gasteiger partial charge in [0.05, 0.1) is 34.9 Å². The van der Waals surface area contributed by atoms with Gasteiger partial charge in [-0.15, -0.1) is 0 Å². The lowest BCUT2D eigenvalue weighted by Crippen LogP contribution is -2.39. The van der Waals surface area contributed by atoms with Crippen molar-refractivity contribution in [1.29, 1.82) is 0 Å². The van der Waals surface area contributed by atoms with Gasteiger partial charge in [0.2, 0.25) is 11.8 Å². The average Bonchev–Trinajstić information content (AvgIpc) is 3.12. The van der Waals surface area contributed by atoms with Crippen LogP contribution >= 0.6 is 0 Å². The number of aromatic nitrogens is 3. The molecule has 2 fully saturated rings. The Kier molecular flexibility index (Phi) is 10.2. The number of imide groups is 1. The standard InChI is InChI=1S/C40H37F5N6O2/c1-21(27-4-3-5-30(37(27)43)38(44)45)47-39-31-18-34(46-19-35(31)48-22(2)49-39)25-7-10-32(41)26(16-25)20-51-14-12-23(13-15-51)28-8-6-24(17-33(28)42)29-9-11-36(52)50-40(29)53/h3-8,10,16-19,21,23,29,38H,9,11-15,20H2,1-2H3,(H,47,48,49)(H,50,52,53). The molecule has 0 aliphatic carbocycles. The molecule has 2 aliphatic rings. The van der Waals surface area contributed by atoms with E-state index in [2.05, 4.69) is 30.5 Å². The van der Waals surface area contributed by atoms with Gasteiger partial charge in [-0.05, 0) is 93.6 Å². The van der Waals surface area contributed by atoms with Crippen molar-refractivity contribution in [2.45, 2.75) is 70.4 Å². The zero-order valence-electron chi connectivity index (χ0n) is 29.1. The van der Waals surface area contributed by atoms with Gasteiger partial charge in [0.1, 0.15) is 29.1 Å². The zero-order chi connectivity index (χ0) is 37.4. The van der Waals surface area contributed by atoms with E-state index in [1.807, 2.05) is 0 Å². The summed E-state index contributed by atoms with van der Waals surface area (Å²) < 4.78 is 72.2. The number of amides is 2. The fourth-order valence-electron chi connectivity index (χ4n) is 7.37. The molecular formula is C40H37F5N6O2. The van der Waals surface area contributed by atoms with Crippen LogP contribution in [0.15, 0.2) is 66.9 Å². The van der Waals surface area contributed by atoms with Crippen LogP contribution in [-0.4, -0.2) is 44.8 Å². The summed E-state index contributed by atoms with van der Waals surface area (Å²) in [6, 6.07) is 14.7. The minimum Gasteiger partial charge on any atom is -0.363 e. The minimum absolute atomic E-state index is 0.0267. The zero-order valence-corrected chi connectivity index (χ0v) is 29.1. The van der Waals surface area contributed by atoms with Crippen molar-refractivity contribution in [3.8, 4) is 11.3 Å². The molecule has 2 atom stereocenters. The summed E-state index contributed by atoms with van der Waals surface area (Å²) in [6.45, 7) is 4.95. The summed E-state index contributed by atoms with van der Waals surface area (Å²) in [6.07, 6.45) is 0.553. The second-order valence-electron chi connectivity index (χ2n) is 13.8. The quantitative estimate of drug-likeness (QED) is 0.116. The molecule has 5 aromatic rings. The normalized spacial score (nSPS) is 17.7. The average molecular weight is 729 g/mol. The van der Waals surface area contributed by atoms with Gasteiger partial charge in [-0.3, -0.25) is 24.8 Å². The van der Waals surface area contributed by atoms with Crippen LogP contribution in [0.1, 0.15) is 90.6 Å². The molecule has 8 nitrogen and oxygen atoms in total. The van der Waals surface area contributed by atoms with Crippen LogP contribution in [0.4, 0.5) is 27.8 Å². The number of fused-ring (bicyclic) bond motifs is 1. The molecule has 7 rings (SSSR count). The van der Waals surface area contributed by atoms with Crippen LogP contribution in [0.2, 0.25) is 0 Å². The van der Waals surface area contributed by atoms with Gasteiger partial charge in [-0.2, -0.15) is 0 Å². The number of pyridine rings is 1. The fraction of sp³-hybridized carbons (Fsp3) is 0.325. The number of benzene rings is 3. The summed E-state index contributed by atoms with van der Waals surface area (Å²) in [4.78, 5) is 39.5. The minimum atomic E-state index is -2.95. The molecule has 2 saturated heterocycles. The number of hydrogen-bond donors (Lipinski definition) is 2. The van der Waals surface area contributed by atoms with Crippen molar-refractivity contribution in [2.24, 2.45) is 0 Å². The van der Waals surface area contributed by atoms with Crippen molar-refractivity contribution >= 4 is 28.5 Å². The maximum Gasteiger partial charge on any atom is 0.266 e. The highest BCUT2D eigenvalue weighted by Crippen LogP contribution is 2.35. The number of piperidine rings is 2. The Hall–Kier alpha value is -5.30. The summed E-state index contributed by atoms with van der Waals surface area (Å²) >= 11 is 0. The van der Waals surface area contributed by atoms with E-state index >= 15 is 8.78 Å². The van der Waals surface area contributed by atoms with Crippen LogP contribution in [0.5, 0.6) is 0 Å². The van der Waals surface area contributed by atoms with Crippen LogP contribution in [0.25, 0.3) is 22.2 Å². The SMILES string of the molecule is Cc1nc(NC(C)c2cccc(C(F)F)c2F)c2cc(-c3ccc(F)c(CN4CCC(c5ccc(C6CCC(=O)NC6=O)cc5F)CC4)c3)ncc2n1. The van der Waals surface area contributed by atoms with Gasteiger partial charge < -0.3 is 5.32 Å². The van der Waals surface area contributed by atoms with E-state index in [1.54, 1.807) is 50.4 Å². The first-order valence-electron chi connectivity index (χ1n) is 17.6. The molecule has 13 heteroatoms. The molecule has 3 aromatic carbocycles. The second-order valence-corrected chi connectivity index (χ2v) is 13.8. The number of carbonyl (C=O) groups excluding carboxylic acids is 2. The van der Waals surface area contributed by atoms with E-state index < -0.39 is 35.7 Å². The van der Waals surface area contributed by atoms with Gasteiger partial charge in [-0.1, -0.05) is 30.3 Å². The van der Waals surface area contributed by atoms with E-state index in [0.717, 1.165) is 6.07 Å². The first-order chi connectivity index (χ1) is 25.4. The first kappa shape index (κ1) is 36.1. The van der Waals surface area contributed by atoms with Gasteiger partial charge >= 0.3 is 0 Å². The van der Waals surface area contributed by atoms with Crippen molar-refractivity contribution in [1.82, 2.24) is 25.2 Å². The lowest BCUT2D eigenvalue weighted by Gasteiger charge is -2.32. The Morgan fingerprint density at radius 3 is 2.43 bits per heavy atom. The summed E-state index contributed by atoms with van der Waals surface area (Å²) in [5.41, 5.74) is 2.73. The fourth-order valence-corrected chi connectivity index (χ4v) is 7.37. The highest BCUT2D eigenvalue weighted by molar-refractivity contribution is 6.01. The van der Waals surface area contributed by atoms with E-state index in [-0.39, 0.29) is 35.4 Å². The number of anilines is 1. The van der Waals surface area contributed by atoms with Crippen molar-refractivity contribution < 1.29 is 31.5 Å². The lowest BCUT2D eigenvalue weighted by molar-refractivity contribution is -0.134. The van der Waals surface area contributed by atoms with Gasteiger partial charge in [0.25, 0.3) is 6.43 Å². The van der Waals surface area contributed by atoms with Crippen LogP contribution in [0, 0.1) is 24.4 Å². The monoisotopic (exact) mass is 728 g/mol. The van der Waals surface area contributed by atoms with Gasteiger partial charge in [0, 0.05) is 35.0 Å². The van der Waals surface area contributed by atoms with Gasteiger partial charge in [-0.25, -0.2) is 31.9 Å². The number of rotatable bonds is 9. The largest absolute Gasteiger partial charge is 0.363 e.